The van der Waals surface area contributed by atoms with Gasteiger partial charge in [0.1, 0.15) is 5.15 Å². The summed E-state index contributed by atoms with van der Waals surface area (Å²) in [4.78, 5) is 14.5. The van der Waals surface area contributed by atoms with E-state index in [1.807, 2.05) is 18.7 Å². The second kappa shape index (κ2) is 5.51. The fourth-order valence-corrected chi connectivity index (χ4v) is 3.03. The first-order valence-electron chi connectivity index (χ1n) is 6.72. The molecular formula is C13H21ClN4O. The van der Waals surface area contributed by atoms with Crippen molar-refractivity contribution in [3.05, 3.63) is 16.4 Å². The average Bonchev–Trinajstić information content (AvgIpc) is 2.62. The number of aryl methyl sites for hydroxylation is 2. The Morgan fingerprint density at radius 2 is 2.00 bits per heavy atom. The number of carbonyl (C=O) groups is 1. The molecule has 0 saturated carbocycles. The number of hydrogen-bond acceptors (Lipinski definition) is 3. The van der Waals surface area contributed by atoms with E-state index in [4.69, 9.17) is 11.6 Å². The molecule has 0 radical (unpaired) electrons. The molecule has 2 rings (SSSR count). The van der Waals surface area contributed by atoms with Crippen LogP contribution in [0.1, 0.15) is 36.8 Å². The van der Waals surface area contributed by atoms with E-state index in [1.165, 1.54) is 0 Å². The molecule has 1 N–H and O–H groups in total. The van der Waals surface area contributed by atoms with Crippen molar-refractivity contribution in [3.63, 3.8) is 0 Å². The van der Waals surface area contributed by atoms with E-state index in [1.54, 1.807) is 4.68 Å². The molecule has 1 amide bonds. The van der Waals surface area contributed by atoms with Crippen molar-refractivity contribution >= 4 is 17.5 Å². The molecule has 0 aromatic carbocycles. The van der Waals surface area contributed by atoms with Crippen LogP contribution in [0, 0.1) is 6.92 Å². The molecular weight excluding hydrogens is 264 g/mol. The van der Waals surface area contributed by atoms with Gasteiger partial charge in [0.2, 0.25) is 0 Å². The summed E-state index contributed by atoms with van der Waals surface area (Å²) in [7, 11) is 0. The van der Waals surface area contributed by atoms with Crippen LogP contribution in [0.4, 0.5) is 0 Å². The lowest BCUT2D eigenvalue weighted by Crippen LogP contribution is -2.55. The van der Waals surface area contributed by atoms with Crippen LogP contribution in [0.25, 0.3) is 0 Å². The minimum absolute atomic E-state index is 0.0117. The first-order valence-corrected chi connectivity index (χ1v) is 7.10. The third kappa shape index (κ3) is 2.77. The van der Waals surface area contributed by atoms with Crippen LogP contribution >= 0.6 is 11.6 Å². The highest BCUT2D eigenvalue weighted by atomic mass is 35.5. The topological polar surface area (TPSA) is 50.2 Å². The Kier molecular flexibility index (Phi) is 4.16. The summed E-state index contributed by atoms with van der Waals surface area (Å²) in [6.07, 6.45) is 0. The molecule has 1 aliphatic heterocycles. The predicted octanol–water partition coefficient (Wildman–Crippen LogP) is 1.69. The van der Waals surface area contributed by atoms with E-state index < -0.39 is 0 Å². The van der Waals surface area contributed by atoms with Gasteiger partial charge in [-0.2, -0.15) is 5.10 Å². The van der Waals surface area contributed by atoms with E-state index in [-0.39, 0.29) is 5.91 Å². The highest BCUT2D eigenvalue weighted by Crippen LogP contribution is 2.22. The van der Waals surface area contributed by atoms with Gasteiger partial charge in [-0.3, -0.25) is 9.48 Å². The fraction of sp³-hybridized carbons (Fsp3) is 0.692. The molecule has 2 atom stereocenters. The summed E-state index contributed by atoms with van der Waals surface area (Å²) in [6.45, 7) is 10.0. The summed E-state index contributed by atoms with van der Waals surface area (Å²) in [5.74, 6) is -0.0117. The summed E-state index contributed by atoms with van der Waals surface area (Å²) in [5.41, 5.74) is 1.25. The lowest BCUT2D eigenvalue weighted by atomic mass is 10.1. The number of aromatic nitrogens is 2. The van der Waals surface area contributed by atoms with Crippen LogP contribution in [-0.4, -0.2) is 45.8 Å². The molecule has 1 fully saturated rings. The number of rotatable bonds is 2. The Morgan fingerprint density at radius 1 is 1.42 bits per heavy atom. The van der Waals surface area contributed by atoms with Crippen LogP contribution in [0.3, 0.4) is 0 Å². The molecule has 0 bridgehead atoms. The first kappa shape index (κ1) is 14.3. The van der Waals surface area contributed by atoms with Crippen molar-refractivity contribution in [3.8, 4) is 0 Å². The summed E-state index contributed by atoms with van der Waals surface area (Å²) in [6, 6.07) is 0.598. The smallest absolute Gasteiger partial charge is 0.259 e. The predicted molar refractivity (Wildman–Crippen MR) is 75.6 cm³/mol. The Hall–Kier alpha value is -1.07. The standard InChI is InChI=1S/C13H21ClN4O/c1-5-18-12(14)11(10(4)16-18)13(19)17-6-8(2)15-9(3)7-17/h8-9,15H,5-7H2,1-4H3/t8-,9+. The van der Waals surface area contributed by atoms with Gasteiger partial charge in [-0.25, -0.2) is 0 Å². The molecule has 1 aromatic heterocycles. The van der Waals surface area contributed by atoms with Crippen LogP contribution in [0.15, 0.2) is 0 Å². The molecule has 19 heavy (non-hydrogen) atoms. The molecule has 2 heterocycles. The zero-order valence-corrected chi connectivity index (χ0v) is 12.7. The lowest BCUT2D eigenvalue weighted by Gasteiger charge is -2.36. The van der Waals surface area contributed by atoms with Crippen molar-refractivity contribution in [1.29, 1.82) is 0 Å². The van der Waals surface area contributed by atoms with Crippen molar-refractivity contribution < 1.29 is 4.79 Å². The van der Waals surface area contributed by atoms with Crippen LogP contribution in [0.2, 0.25) is 5.15 Å². The first-order chi connectivity index (χ1) is 8.93. The monoisotopic (exact) mass is 284 g/mol. The van der Waals surface area contributed by atoms with Gasteiger partial charge >= 0.3 is 0 Å². The van der Waals surface area contributed by atoms with Gasteiger partial charge in [0.15, 0.2) is 0 Å². The zero-order chi connectivity index (χ0) is 14.2. The second-order valence-corrected chi connectivity index (χ2v) is 5.60. The number of nitrogens with one attached hydrogen (secondary N) is 1. The minimum Gasteiger partial charge on any atom is -0.335 e. The third-order valence-corrected chi connectivity index (χ3v) is 3.81. The summed E-state index contributed by atoms with van der Waals surface area (Å²) >= 11 is 6.25. The molecule has 0 aliphatic carbocycles. The molecule has 1 saturated heterocycles. The molecule has 106 valence electrons. The van der Waals surface area contributed by atoms with E-state index in [2.05, 4.69) is 24.3 Å². The van der Waals surface area contributed by atoms with E-state index in [0.717, 1.165) is 0 Å². The van der Waals surface area contributed by atoms with Crippen molar-refractivity contribution in [2.24, 2.45) is 0 Å². The van der Waals surface area contributed by atoms with Gasteiger partial charge in [0.05, 0.1) is 11.3 Å². The second-order valence-electron chi connectivity index (χ2n) is 5.25. The van der Waals surface area contributed by atoms with Gasteiger partial charge in [-0.05, 0) is 27.7 Å². The SMILES string of the molecule is CCn1nc(C)c(C(=O)N2C[C@@H](C)N[C@@H](C)C2)c1Cl. The number of amides is 1. The Labute approximate surface area is 118 Å². The maximum Gasteiger partial charge on any atom is 0.259 e. The molecule has 6 heteroatoms. The van der Waals surface area contributed by atoms with Gasteiger partial charge < -0.3 is 10.2 Å². The Morgan fingerprint density at radius 3 is 2.47 bits per heavy atom. The normalized spacial score (nSPS) is 23.7. The molecule has 0 spiro atoms. The average molecular weight is 285 g/mol. The summed E-state index contributed by atoms with van der Waals surface area (Å²) in [5, 5.41) is 8.17. The molecule has 1 aromatic rings. The van der Waals surface area contributed by atoms with Crippen LogP contribution < -0.4 is 5.32 Å². The highest BCUT2D eigenvalue weighted by Gasteiger charge is 2.29. The minimum atomic E-state index is -0.0117. The third-order valence-electron chi connectivity index (χ3n) is 3.42. The van der Waals surface area contributed by atoms with Gasteiger partial charge in [0, 0.05) is 31.7 Å². The van der Waals surface area contributed by atoms with Crippen LogP contribution in [-0.2, 0) is 6.54 Å². The maximum absolute atomic E-state index is 12.6. The number of hydrogen-bond donors (Lipinski definition) is 1. The highest BCUT2D eigenvalue weighted by molar-refractivity contribution is 6.33. The van der Waals surface area contributed by atoms with Crippen LogP contribution in [0.5, 0.6) is 0 Å². The lowest BCUT2D eigenvalue weighted by molar-refractivity contribution is 0.0673. The number of carbonyl (C=O) groups excluding carboxylic acids is 1. The number of piperazine rings is 1. The molecule has 0 unspecified atom stereocenters. The maximum atomic E-state index is 12.6. The Balaban J connectivity index is 2.26. The zero-order valence-electron chi connectivity index (χ0n) is 11.9. The van der Waals surface area contributed by atoms with Crippen molar-refractivity contribution in [1.82, 2.24) is 20.0 Å². The Bertz CT molecular complexity index is 475. The number of nitrogens with zero attached hydrogens (tertiary/aromatic N) is 3. The quantitative estimate of drug-likeness (QED) is 0.899. The van der Waals surface area contributed by atoms with E-state index in [9.17, 15) is 4.79 Å². The van der Waals surface area contributed by atoms with Gasteiger partial charge in [0.25, 0.3) is 5.91 Å². The fourth-order valence-electron chi connectivity index (χ4n) is 2.66. The summed E-state index contributed by atoms with van der Waals surface area (Å²) < 4.78 is 1.67. The van der Waals surface area contributed by atoms with Gasteiger partial charge in [-0.15, -0.1) is 0 Å². The van der Waals surface area contributed by atoms with Gasteiger partial charge in [-0.1, -0.05) is 11.6 Å². The molecule has 1 aliphatic rings. The molecule has 5 nitrogen and oxygen atoms in total. The van der Waals surface area contributed by atoms with Crippen molar-refractivity contribution in [2.75, 3.05) is 13.1 Å². The van der Waals surface area contributed by atoms with Crippen molar-refractivity contribution in [2.45, 2.75) is 46.3 Å². The number of halogens is 1. The van der Waals surface area contributed by atoms with E-state index in [0.29, 0.717) is 48.1 Å². The largest absolute Gasteiger partial charge is 0.335 e. The van der Waals surface area contributed by atoms with E-state index >= 15 is 0 Å².